The molecule has 0 bridgehead atoms. The summed E-state index contributed by atoms with van der Waals surface area (Å²) in [6.07, 6.45) is 3.26. The first-order valence-electron chi connectivity index (χ1n) is 8.90. The molecule has 0 atom stereocenters. The van der Waals surface area contributed by atoms with Crippen molar-refractivity contribution in [2.75, 3.05) is 0 Å². The van der Waals surface area contributed by atoms with Crippen LogP contribution in [0.4, 0.5) is 0 Å². The molecule has 29 heavy (non-hydrogen) atoms. The van der Waals surface area contributed by atoms with Crippen LogP contribution in [0.3, 0.4) is 0 Å². The molecule has 0 amide bonds. The third kappa shape index (κ3) is 4.70. The lowest BCUT2D eigenvalue weighted by Crippen LogP contribution is -2.13. The van der Waals surface area contributed by atoms with Gasteiger partial charge in [0.2, 0.25) is 0 Å². The molecule has 0 aliphatic heterocycles. The molecule has 2 nitrogen and oxygen atoms in total. The van der Waals surface area contributed by atoms with Gasteiger partial charge in [0.25, 0.3) is 0 Å². The van der Waals surface area contributed by atoms with Gasteiger partial charge in [-0.15, -0.1) is 0 Å². The van der Waals surface area contributed by atoms with E-state index in [0.717, 1.165) is 32.9 Å². The Balaban J connectivity index is 1.81. The fourth-order valence-corrected chi connectivity index (χ4v) is 4.47. The Morgan fingerprint density at radius 2 is 1.17 bits per heavy atom. The molecular formula is C24H15Cl2NOS. The quantitative estimate of drug-likeness (QED) is 0.320. The van der Waals surface area contributed by atoms with Gasteiger partial charge in [-0.2, -0.15) is 0 Å². The number of nitrogens with zero attached hydrogens (tertiary/aromatic N) is 1. The fourth-order valence-electron chi connectivity index (χ4n) is 3.06. The van der Waals surface area contributed by atoms with Crippen LogP contribution in [0, 0.1) is 0 Å². The molecule has 0 aromatic heterocycles. The number of halogens is 2. The van der Waals surface area contributed by atoms with Crippen molar-refractivity contribution in [2.45, 2.75) is 4.90 Å². The molecule has 0 saturated carbocycles. The van der Waals surface area contributed by atoms with Gasteiger partial charge in [0.15, 0.2) is 5.78 Å². The Labute approximate surface area is 183 Å². The van der Waals surface area contributed by atoms with E-state index in [1.54, 1.807) is 18.2 Å². The van der Waals surface area contributed by atoms with E-state index in [2.05, 4.69) is 0 Å². The number of hydrogen-bond donors (Lipinski definition) is 0. The zero-order valence-corrected chi connectivity index (χ0v) is 17.5. The molecule has 0 saturated heterocycles. The highest BCUT2D eigenvalue weighted by atomic mass is 35.5. The largest absolute Gasteiger partial charge is 0.290 e. The predicted molar refractivity (Wildman–Crippen MR) is 124 cm³/mol. The number of ketones is 1. The average molecular weight is 436 g/mol. The summed E-state index contributed by atoms with van der Waals surface area (Å²) < 4.78 is 4.81. The standard InChI is InChI=1S/C24H15Cl2NOS/c25-18-11-19(26)13-21(12-18)29-27-24-22(16-7-3-1-4-8-16)14-20(28)15-23(24)17-9-5-2-6-10-17/h1-15H. The molecule has 4 rings (SSSR count). The second kappa shape index (κ2) is 8.83. The Morgan fingerprint density at radius 1 is 0.690 bits per heavy atom. The lowest BCUT2D eigenvalue weighted by molar-refractivity contribution is -0.110. The maximum atomic E-state index is 12.5. The highest BCUT2D eigenvalue weighted by molar-refractivity contribution is 7.98. The molecule has 0 heterocycles. The van der Waals surface area contributed by atoms with Crippen LogP contribution >= 0.6 is 35.1 Å². The topological polar surface area (TPSA) is 29.4 Å². The molecule has 0 radical (unpaired) electrons. The Hall–Kier alpha value is -2.59. The van der Waals surface area contributed by atoms with Crippen LogP contribution in [-0.2, 0) is 4.79 Å². The predicted octanol–water partition coefficient (Wildman–Crippen LogP) is 7.19. The van der Waals surface area contributed by atoms with Crippen molar-refractivity contribution >= 4 is 57.8 Å². The normalized spacial score (nSPS) is 13.7. The van der Waals surface area contributed by atoms with Gasteiger partial charge in [-0.3, -0.25) is 4.79 Å². The summed E-state index contributed by atoms with van der Waals surface area (Å²) in [6.45, 7) is 0. The summed E-state index contributed by atoms with van der Waals surface area (Å²) in [5.74, 6) is -0.0579. The van der Waals surface area contributed by atoms with E-state index in [0.29, 0.717) is 10.0 Å². The zero-order chi connectivity index (χ0) is 20.2. The third-order valence-electron chi connectivity index (χ3n) is 4.33. The van der Waals surface area contributed by atoms with Gasteiger partial charge < -0.3 is 0 Å². The molecule has 0 unspecified atom stereocenters. The second-order valence-electron chi connectivity index (χ2n) is 6.39. The van der Waals surface area contributed by atoms with Gasteiger partial charge in [0.1, 0.15) is 0 Å². The first-order chi connectivity index (χ1) is 14.1. The highest BCUT2D eigenvalue weighted by Gasteiger charge is 2.22. The molecule has 1 aliphatic rings. The number of hydrogen-bond acceptors (Lipinski definition) is 3. The molecular weight excluding hydrogens is 421 g/mol. The van der Waals surface area contributed by atoms with E-state index in [-0.39, 0.29) is 5.78 Å². The van der Waals surface area contributed by atoms with Gasteiger partial charge >= 0.3 is 0 Å². The highest BCUT2D eigenvalue weighted by Crippen LogP contribution is 2.34. The lowest BCUT2D eigenvalue weighted by atomic mass is 9.87. The number of allylic oxidation sites excluding steroid dienone is 4. The Kier molecular flexibility index (Phi) is 6.00. The monoisotopic (exact) mass is 435 g/mol. The van der Waals surface area contributed by atoms with Crippen LogP contribution in [0.1, 0.15) is 11.1 Å². The van der Waals surface area contributed by atoms with Crippen LogP contribution in [0.15, 0.2) is 100 Å². The van der Waals surface area contributed by atoms with Crippen LogP contribution in [0.2, 0.25) is 10.0 Å². The third-order valence-corrected chi connectivity index (χ3v) is 5.49. The minimum atomic E-state index is -0.0579. The fraction of sp³-hybridized carbons (Fsp3) is 0. The van der Waals surface area contributed by atoms with Crippen molar-refractivity contribution in [1.29, 1.82) is 0 Å². The molecule has 5 heteroatoms. The van der Waals surface area contributed by atoms with E-state index >= 15 is 0 Å². The summed E-state index contributed by atoms with van der Waals surface area (Å²) in [5, 5.41) is 1.10. The first-order valence-corrected chi connectivity index (χ1v) is 10.4. The molecule has 0 N–H and O–H groups in total. The van der Waals surface area contributed by atoms with Crippen LogP contribution in [0.25, 0.3) is 11.1 Å². The summed E-state index contributed by atoms with van der Waals surface area (Å²) in [6, 6.07) is 24.9. The number of benzene rings is 3. The van der Waals surface area contributed by atoms with Crippen molar-refractivity contribution in [3.05, 3.63) is 112 Å². The van der Waals surface area contributed by atoms with Crippen LogP contribution < -0.4 is 0 Å². The maximum Gasteiger partial charge on any atom is 0.180 e. The second-order valence-corrected chi connectivity index (χ2v) is 8.10. The van der Waals surface area contributed by atoms with Crippen molar-refractivity contribution in [3.8, 4) is 0 Å². The van der Waals surface area contributed by atoms with E-state index in [1.807, 2.05) is 72.8 Å². The van der Waals surface area contributed by atoms with Gasteiger partial charge in [0.05, 0.1) is 5.71 Å². The minimum Gasteiger partial charge on any atom is -0.290 e. The first kappa shape index (κ1) is 19.7. The number of carbonyl (C=O) groups is 1. The van der Waals surface area contributed by atoms with E-state index < -0.39 is 0 Å². The Bertz CT molecular complexity index is 1070. The molecule has 142 valence electrons. The molecule has 0 fully saturated rings. The summed E-state index contributed by atoms with van der Waals surface area (Å²) >= 11 is 13.5. The van der Waals surface area contributed by atoms with Crippen LogP contribution in [0.5, 0.6) is 0 Å². The summed E-state index contributed by atoms with van der Waals surface area (Å²) in [5.41, 5.74) is 4.19. The number of rotatable bonds is 4. The Morgan fingerprint density at radius 3 is 1.66 bits per heavy atom. The molecule has 3 aromatic carbocycles. The summed E-state index contributed by atoms with van der Waals surface area (Å²) in [7, 11) is 0. The lowest BCUT2D eigenvalue weighted by Gasteiger charge is -2.18. The minimum absolute atomic E-state index is 0.0579. The number of carbonyl (C=O) groups excluding carboxylic acids is 1. The van der Waals surface area contributed by atoms with E-state index in [9.17, 15) is 4.79 Å². The molecule has 3 aromatic rings. The van der Waals surface area contributed by atoms with Crippen molar-refractivity contribution in [1.82, 2.24) is 0 Å². The maximum absolute atomic E-state index is 12.5. The van der Waals surface area contributed by atoms with Crippen LogP contribution in [-0.4, -0.2) is 11.5 Å². The van der Waals surface area contributed by atoms with Crippen molar-refractivity contribution in [2.24, 2.45) is 4.40 Å². The smallest absolute Gasteiger partial charge is 0.180 e. The molecule has 1 aliphatic carbocycles. The zero-order valence-electron chi connectivity index (χ0n) is 15.2. The SMILES string of the molecule is O=C1C=C(c2ccccc2)C(=NSc2cc(Cl)cc(Cl)c2)C(c2ccccc2)=C1. The van der Waals surface area contributed by atoms with Gasteiger partial charge in [-0.25, -0.2) is 4.40 Å². The van der Waals surface area contributed by atoms with Gasteiger partial charge in [0, 0.05) is 38.0 Å². The van der Waals surface area contributed by atoms with E-state index in [1.165, 1.54) is 11.9 Å². The van der Waals surface area contributed by atoms with Gasteiger partial charge in [-0.1, -0.05) is 83.9 Å². The van der Waals surface area contributed by atoms with Crippen molar-refractivity contribution < 1.29 is 4.79 Å². The van der Waals surface area contributed by atoms with E-state index in [4.69, 9.17) is 27.6 Å². The van der Waals surface area contributed by atoms with Gasteiger partial charge in [-0.05, 0) is 41.5 Å². The average Bonchev–Trinajstić information content (AvgIpc) is 2.73. The summed E-state index contributed by atoms with van der Waals surface area (Å²) in [4.78, 5) is 13.3. The van der Waals surface area contributed by atoms with Crippen molar-refractivity contribution in [3.63, 3.8) is 0 Å². The molecule has 0 spiro atoms.